The fraction of sp³-hybridized carbons (Fsp3) is 0.273. The summed E-state index contributed by atoms with van der Waals surface area (Å²) in [5.41, 5.74) is 3.12. The lowest BCUT2D eigenvalue weighted by atomic mass is 10.1. The Labute approximate surface area is 193 Å². The molecule has 1 aliphatic rings. The average molecular weight is 470 g/mol. The SMILES string of the molecule is COc1ccccc1C(=O)NN1C[C@H](C(=O)OCC(=O)Nc2ccc(C)c([N+](=O)[O-])c2)CC1=O. The predicted molar refractivity (Wildman–Crippen MR) is 118 cm³/mol. The second-order valence-corrected chi connectivity index (χ2v) is 7.46. The van der Waals surface area contributed by atoms with Crippen LogP contribution in [0.2, 0.25) is 0 Å². The van der Waals surface area contributed by atoms with Crippen LogP contribution in [0.1, 0.15) is 22.3 Å². The molecule has 0 aliphatic carbocycles. The Hall–Kier alpha value is -4.48. The van der Waals surface area contributed by atoms with Gasteiger partial charge in [0.25, 0.3) is 17.5 Å². The first-order chi connectivity index (χ1) is 16.2. The number of carbonyl (C=O) groups is 4. The van der Waals surface area contributed by atoms with Crippen molar-refractivity contribution >= 4 is 35.1 Å². The maximum absolute atomic E-state index is 12.5. The molecule has 0 saturated carbocycles. The van der Waals surface area contributed by atoms with Gasteiger partial charge in [-0.25, -0.2) is 0 Å². The number of nitrogens with one attached hydrogen (secondary N) is 2. The lowest BCUT2D eigenvalue weighted by Gasteiger charge is -2.18. The number of hydrogen-bond donors (Lipinski definition) is 2. The van der Waals surface area contributed by atoms with Gasteiger partial charge in [0.1, 0.15) is 5.75 Å². The second-order valence-electron chi connectivity index (χ2n) is 7.46. The van der Waals surface area contributed by atoms with Gasteiger partial charge in [0.2, 0.25) is 5.91 Å². The van der Waals surface area contributed by atoms with E-state index in [0.717, 1.165) is 5.01 Å². The second kappa shape index (κ2) is 10.4. The van der Waals surface area contributed by atoms with Crippen LogP contribution in [-0.2, 0) is 19.1 Å². The normalized spacial score (nSPS) is 14.9. The Balaban J connectivity index is 1.52. The van der Waals surface area contributed by atoms with E-state index in [4.69, 9.17) is 9.47 Å². The number of aryl methyl sites for hydroxylation is 1. The first-order valence-corrected chi connectivity index (χ1v) is 10.2. The molecule has 0 spiro atoms. The Morgan fingerprint density at radius 1 is 1.21 bits per heavy atom. The van der Waals surface area contributed by atoms with E-state index in [1.54, 1.807) is 25.1 Å². The van der Waals surface area contributed by atoms with Crippen LogP contribution in [0.5, 0.6) is 5.75 Å². The van der Waals surface area contributed by atoms with E-state index in [1.165, 1.54) is 31.4 Å². The maximum atomic E-state index is 12.5. The minimum absolute atomic E-state index is 0.121. The van der Waals surface area contributed by atoms with Crippen molar-refractivity contribution < 1.29 is 33.6 Å². The highest BCUT2D eigenvalue weighted by molar-refractivity contribution is 5.99. The number of benzene rings is 2. The summed E-state index contributed by atoms with van der Waals surface area (Å²) in [5.74, 6) is -3.09. The molecule has 3 amide bonds. The van der Waals surface area contributed by atoms with Gasteiger partial charge in [-0.3, -0.25) is 39.7 Å². The molecule has 34 heavy (non-hydrogen) atoms. The highest BCUT2D eigenvalue weighted by Gasteiger charge is 2.37. The lowest BCUT2D eigenvalue weighted by molar-refractivity contribution is -0.385. The Bertz CT molecular complexity index is 1150. The average Bonchev–Trinajstić information content (AvgIpc) is 3.18. The quantitative estimate of drug-likeness (QED) is 0.334. The summed E-state index contributed by atoms with van der Waals surface area (Å²) in [7, 11) is 1.41. The molecule has 0 aromatic heterocycles. The molecule has 178 valence electrons. The largest absolute Gasteiger partial charge is 0.496 e. The number of amides is 3. The molecule has 2 N–H and O–H groups in total. The zero-order valence-corrected chi connectivity index (χ0v) is 18.4. The Kier molecular flexibility index (Phi) is 7.41. The van der Waals surface area contributed by atoms with Crippen LogP contribution in [0.25, 0.3) is 0 Å². The van der Waals surface area contributed by atoms with Crippen molar-refractivity contribution in [1.82, 2.24) is 10.4 Å². The smallest absolute Gasteiger partial charge is 0.311 e. The van der Waals surface area contributed by atoms with Gasteiger partial charge in [-0.2, -0.15) is 0 Å². The molecule has 1 fully saturated rings. The first-order valence-electron chi connectivity index (χ1n) is 10.2. The molecule has 1 aliphatic heterocycles. The van der Waals surface area contributed by atoms with E-state index < -0.39 is 41.1 Å². The van der Waals surface area contributed by atoms with Gasteiger partial charge >= 0.3 is 5.97 Å². The van der Waals surface area contributed by atoms with Crippen molar-refractivity contribution in [3.8, 4) is 5.75 Å². The number of nitro benzene ring substituents is 1. The summed E-state index contributed by atoms with van der Waals surface area (Å²) in [6, 6.07) is 10.6. The topological polar surface area (TPSA) is 157 Å². The predicted octanol–water partition coefficient (Wildman–Crippen LogP) is 1.59. The minimum Gasteiger partial charge on any atom is -0.496 e. The fourth-order valence-electron chi connectivity index (χ4n) is 3.32. The standard InChI is InChI=1S/C22H22N4O8/c1-13-7-8-15(10-17(13)26(31)32)23-19(27)12-34-22(30)14-9-20(28)25(11-14)24-21(29)16-5-3-4-6-18(16)33-2/h3-8,10,14H,9,11-12H2,1-2H3,(H,23,27)(H,24,29)/t14-/m1/s1. The van der Waals surface area contributed by atoms with Crippen molar-refractivity contribution in [2.24, 2.45) is 5.92 Å². The molecular formula is C22H22N4O8. The highest BCUT2D eigenvalue weighted by Crippen LogP contribution is 2.23. The third-order valence-electron chi connectivity index (χ3n) is 5.08. The summed E-state index contributed by atoms with van der Waals surface area (Å²) >= 11 is 0. The first kappa shape index (κ1) is 24.2. The number of rotatable bonds is 8. The number of hydrazine groups is 1. The van der Waals surface area contributed by atoms with E-state index in [9.17, 15) is 29.3 Å². The number of hydrogen-bond acceptors (Lipinski definition) is 8. The molecule has 0 radical (unpaired) electrons. The van der Waals surface area contributed by atoms with E-state index >= 15 is 0 Å². The number of esters is 1. The molecule has 1 saturated heterocycles. The van der Waals surface area contributed by atoms with Crippen molar-refractivity contribution in [2.45, 2.75) is 13.3 Å². The van der Waals surface area contributed by atoms with Gasteiger partial charge in [-0.05, 0) is 25.1 Å². The molecule has 12 heteroatoms. The van der Waals surface area contributed by atoms with Crippen LogP contribution in [0, 0.1) is 23.0 Å². The number of methoxy groups -OCH3 is 1. The molecule has 2 aromatic carbocycles. The maximum Gasteiger partial charge on any atom is 0.311 e. The molecule has 0 bridgehead atoms. The summed E-state index contributed by atoms with van der Waals surface area (Å²) in [6.07, 6.45) is -0.198. The molecule has 2 aromatic rings. The number of nitro groups is 1. The van der Waals surface area contributed by atoms with Crippen molar-refractivity contribution in [2.75, 3.05) is 25.6 Å². The Morgan fingerprint density at radius 2 is 1.94 bits per heavy atom. The van der Waals surface area contributed by atoms with Gasteiger partial charge in [0, 0.05) is 23.7 Å². The summed E-state index contributed by atoms with van der Waals surface area (Å²) in [6.45, 7) is 0.805. The molecule has 3 rings (SSSR count). The van der Waals surface area contributed by atoms with E-state index in [-0.39, 0.29) is 29.9 Å². The molecule has 12 nitrogen and oxygen atoms in total. The van der Waals surface area contributed by atoms with Crippen LogP contribution >= 0.6 is 0 Å². The summed E-state index contributed by atoms with van der Waals surface area (Å²) in [5, 5.41) is 14.5. The van der Waals surface area contributed by atoms with Crippen LogP contribution in [-0.4, -0.2) is 53.9 Å². The van der Waals surface area contributed by atoms with Crippen LogP contribution in [0.4, 0.5) is 11.4 Å². The van der Waals surface area contributed by atoms with Gasteiger partial charge in [0.15, 0.2) is 6.61 Å². The minimum atomic E-state index is -0.876. The highest BCUT2D eigenvalue weighted by atomic mass is 16.6. The molecular weight excluding hydrogens is 448 g/mol. The zero-order chi connectivity index (χ0) is 24.8. The van der Waals surface area contributed by atoms with Crippen molar-refractivity contribution in [3.05, 3.63) is 63.7 Å². The summed E-state index contributed by atoms with van der Waals surface area (Å²) in [4.78, 5) is 59.6. The van der Waals surface area contributed by atoms with E-state index in [1.807, 2.05) is 0 Å². The van der Waals surface area contributed by atoms with Gasteiger partial charge in [0.05, 0.1) is 30.1 Å². The molecule has 1 heterocycles. The fourth-order valence-corrected chi connectivity index (χ4v) is 3.32. The summed E-state index contributed by atoms with van der Waals surface area (Å²) < 4.78 is 10.1. The van der Waals surface area contributed by atoms with Crippen LogP contribution < -0.4 is 15.5 Å². The van der Waals surface area contributed by atoms with Crippen LogP contribution in [0.15, 0.2) is 42.5 Å². The lowest BCUT2D eigenvalue weighted by Crippen LogP contribution is -2.43. The van der Waals surface area contributed by atoms with E-state index in [2.05, 4.69) is 10.7 Å². The monoisotopic (exact) mass is 470 g/mol. The van der Waals surface area contributed by atoms with E-state index in [0.29, 0.717) is 11.3 Å². The third kappa shape index (κ3) is 5.65. The third-order valence-corrected chi connectivity index (χ3v) is 5.08. The number of nitrogens with zero attached hydrogens (tertiary/aromatic N) is 2. The number of anilines is 1. The molecule has 1 atom stereocenters. The zero-order valence-electron chi connectivity index (χ0n) is 18.4. The number of carbonyl (C=O) groups excluding carboxylic acids is 4. The van der Waals surface area contributed by atoms with Gasteiger partial charge < -0.3 is 14.8 Å². The Morgan fingerprint density at radius 3 is 2.65 bits per heavy atom. The number of ether oxygens (including phenoxy) is 2. The van der Waals surface area contributed by atoms with Crippen molar-refractivity contribution in [3.63, 3.8) is 0 Å². The van der Waals surface area contributed by atoms with Gasteiger partial charge in [-0.15, -0.1) is 0 Å². The van der Waals surface area contributed by atoms with Crippen molar-refractivity contribution in [1.29, 1.82) is 0 Å². The molecule has 0 unspecified atom stereocenters. The number of para-hydroxylation sites is 1. The van der Waals surface area contributed by atoms with Crippen LogP contribution in [0.3, 0.4) is 0 Å². The van der Waals surface area contributed by atoms with Gasteiger partial charge in [-0.1, -0.05) is 18.2 Å².